The predicted octanol–water partition coefficient (Wildman–Crippen LogP) is 4.09. The zero-order chi connectivity index (χ0) is 16.6. The number of aromatic nitrogens is 1. The molecule has 2 aromatic carbocycles. The summed E-state index contributed by atoms with van der Waals surface area (Å²) in [5, 5.41) is 3.40. The average molecular weight is 322 g/mol. The third kappa shape index (κ3) is 4.89. The van der Waals surface area contributed by atoms with Gasteiger partial charge in [0.15, 0.2) is 0 Å². The maximum absolute atomic E-state index is 12.9. The highest BCUT2D eigenvalue weighted by atomic mass is 19.1. The lowest BCUT2D eigenvalue weighted by atomic mass is 10.2. The molecule has 0 radical (unpaired) electrons. The molecule has 122 valence electrons. The first-order valence-electron chi connectivity index (χ1n) is 7.85. The van der Waals surface area contributed by atoms with Gasteiger partial charge < -0.3 is 10.1 Å². The van der Waals surface area contributed by atoms with Gasteiger partial charge in [-0.25, -0.2) is 4.39 Å². The van der Waals surface area contributed by atoms with E-state index < -0.39 is 0 Å². The molecule has 0 unspecified atom stereocenters. The molecule has 0 atom stereocenters. The van der Waals surface area contributed by atoms with Gasteiger partial charge in [-0.15, -0.1) is 0 Å². The summed E-state index contributed by atoms with van der Waals surface area (Å²) in [6.45, 7) is 2.03. The number of ether oxygens (including phenoxy) is 1. The lowest BCUT2D eigenvalue weighted by Crippen LogP contribution is -2.12. The van der Waals surface area contributed by atoms with Crippen molar-refractivity contribution in [3.8, 4) is 5.75 Å². The van der Waals surface area contributed by atoms with Crippen LogP contribution in [0.1, 0.15) is 16.7 Å². The van der Waals surface area contributed by atoms with Gasteiger partial charge in [-0.3, -0.25) is 4.98 Å². The van der Waals surface area contributed by atoms with E-state index in [2.05, 4.69) is 10.3 Å². The summed E-state index contributed by atoms with van der Waals surface area (Å²) in [6.07, 6.45) is 3.59. The molecule has 0 spiro atoms. The Hall–Kier alpha value is -2.72. The molecule has 3 nitrogen and oxygen atoms in total. The molecule has 0 bridgehead atoms. The fraction of sp³-hybridized carbons (Fsp3) is 0.150. The summed E-state index contributed by atoms with van der Waals surface area (Å²) in [4.78, 5) is 4.00. The van der Waals surface area contributed by atoms with Crippen molar-refractivity contribution in [2.45, 2.75) is 19.7 Å². The van der Waals surface area contributed by atoms with Crippen LogP contribution in [0.25, 0.3) is 0 Å². The van der Waals surface area contributed by atoms with Crippen LogP contribution in [0.2, 0.25) is 0 Å². The number of pyridine rings is 1. The maximum Gasteiger partial charge on any atom is 0.123 e. The van der Waals surface area contributed by atoms with E-state index in [1.54, 1.807) is 24.5 Å². The van der Waals surface area contributed by atoms with Crippen molar-refractivity contribution in [2.24, 2.45) is 0 Å². The van der Waals surface area contributed by atoms with Gasteiger partial charge >= 0.3 is 0 Å². The van der Waals surface area contributed by atoms with Crippen molar-refractivity contribution in [1.82, 2.24) is 10.3 Å². The first-order chi connectivity index (χ1) is 11.8. The van der Waals surface area contributed by atoms with Crippen LogP contribution in [0.5, 0.6) is 5.75 Å². The predicted molar refractivity (Wildman–Crippen MR) is 92.0 cm³/mol. The Bertz CT molecular complexity index is 743. The monoisotopic (exact) mass is 322 g/mol. The molecule has 1 heterocycles. The van der Waals surface area contributed by atoms with E-state index in [1.165, 1.54) is 23.3 Å². The van der Waals surface area contributed by atoms with E-state index in [4.69, 9.17) is 4.74 Å². The Balaban J connectivity index is 1.45. The molecule has 0 aliphatic rings. The molecule has 0 saturated heterocycles. The van der Waals surface area contributed by atoms with Crippen LogP contribution in [0.3, 0.4) is 0 Å². The molecule has 4 heteroatoms. The molecule has 3 rings (SSSR count). The Morgan fingerprint density at radius 1 is 0.750 bits per heavy atom. The topological polar surface area (TPSA) is 34.1 Å². The van der Waals surface area contributed by atoms with Crippen molar-refractivity contribution in [3.63, 3.8) is 0 Å². The second-order valence-electron chi connectivity index (χ2n) is 5.52. The number of rotatable bonds is 7. The summed E-state index contributed by atoms with van der Waals surface area (Å²) in [5.74, 6) is 0.569. The zero-order valence-corrected chi connectivity index (χ0v) is 13.3. The lowest BCUT2D eigenvalue weighted by Gasteiger charge is -2.08. The summed E-state index contributed by atoms with van der Waals surface area (Å²) in [6, 6.07) is 18.3. The number of benzene rings is 2. The van der Waals surface area contributed by atoms with Gasteiger partial charge in [-0.05, 0) is 53.1 Å². The summed E-state index contributed by atoms with van der Waals surface area (Å²) in [5.41, 5.74) is 3.35. The number of hydrogen-bond acceptors (Lipinski definition) is 3. The average Bonchev–Trinajstić information content (AvgIpc) is 2.63. The quantitative estimate of drug-likeness (QED) is 0.711. The summed E-state index contributed by atoms with van der Waals surface area (Å²) < 4.78 is 18.6. The summed E-state index contributed by atoms with van der Waals surface area (Å²) >= 11 is 0. The second kappa shape index (κ2) is 8.22. The first-order valence-corrected chi connectivity index (χ1v) is 7.85. The molecule has 0 fully saturated rings. The highest BCUT2D eigenvalue weighted by Gasteiger charge is 1.99. The van der Waals surface area contributed by atoms with Crippen molar-refractivity contribution < 1.29 is 9.13 Å². The molecule has 0 saturated carbocycles. The Morgan fingerprint density at radius 3 is 2.00 bits per heavy atom. The fourth-order valence-corrected chi connectivity index (χ4v) is 2.30. The van der Waals surface area contributed by atoms with Gasteiger partial charge in [0.05, 0.1) is 0 Å². The third-order valence-corrected chi connectivity index (χ3v) is 3.65. The zero-order valence-electron chi connectivity index (χ0n) is 13.3. The summed E-state index contributed by atoms with van der Waals surface area (Å²) in [7, 11) is 0. The highest BCUT2D eigenvalue weighted by Crippen LogP contribution is 2.14. The van der Waals surface area contributed by atoms with Gasteiger partial charge in [-0.1, -0.05) is 24.3 Å². The fourth-order valence-electron chi connectivity index (χ4n) is 2.30. The molecule has 3 aromatic rings. The highest BCUT2D eigenvalue weighted by molar-refractivity contribution is 5.28. The van der Waals surface area contributed by atoms with Crippen LogP contribution in [-0.2, 0) is 19.7 Å². The minimum Gasteiger partial charge on any atom is -0.489 e. The SMILES string of the molecule is Fc1ccc(COc2ccc(CNCc3ccncc3)cc2)cc1. The normalized spacial score (nSPS) is 10.5. The van der Waals surface area contributed by atoms with Crippen LogP contribution in [-0.4, -0.2) is 4.98 Å². The van der Waals surface area contributed by atoms with Crippen molar-refractivity contribution in [2.75, 3.05) is 0 Å². The largest absolute Gasteiger partial charge is 0.489 e. The van der Waals surface area contributed by atoms with E-state index in [0.29, 0.717) is 6.61 Å². The Kier molecular flexibility index (Phi) is 5.53. The molecule has 24 heavy (non-hydrogen) atoms. The second-order valence-corrected chi connectivity index (χ2v) is 5.52. The molecule has 0 aliphatic carbocycles. The smallest absolute Gasteiger partial charge is 0.123 e. The van der Waals surface area contributed by atoms with Crippen LogP contribution in [0, 0.1) is 5.82 Å². The molecule has 0 aliphatic heterocycles. The maximum atomic E-state index is 12.9. The minimum absolute atomic E-state index is 0.234. The molecule has 0 amide bonds. The van der Waals surface area contributed by atoms with E-state index in [9.17, 15) is 4.39 Å². The molecular formula is C20H19FN2O. The Morgan fingerprint density at radius 2 is 1.33 bits per heavy atom. The van der Waals surface area contributed by atoms with Crippen molar-refractivity contribution >= 4 is 0 Å². The third-order valence-electron chi connectivity index (χ3n) is 3.65. The molecule has 1 N–H and O–H groups in total. The first kappa shape index (κ1) is 16.1. The van der Waals surface area contributed by atoms with Gasteiger partial charge in [0.1, 0.15) is 18.2 Å². The van der Waals surface area contributed by atoms with Crippen molar-refractivity contribution in [1.29, 1.82) is 0 Å². The van der Waals surface area contributed by atoms with E-state index in [1.807, 2.05) is 36.4 Å². The number of nitrogens with one attached hydrogen (secondary N) is 1. The lowest BCUT2D eigenvalue weighted by molar-refractivity contribution is 0.306. The number of hydrogen-bond donors (Lipinski definition) is 1. The number of halogens is 1. The molecule has 1 aromatic heterocycles. The van der Waals surface area contributed by atoms with E-state index in [-0.39, 0.29) is 5.82 Å². The van der Waals surface area contributed by atoms with Crippen LogP contribution >= 0.6 is 0 Å². The van der Waals surface area contributed by atoms with Crippen LogP contribution in [0.4, 0.5) is 4.39 Å². The van der Waals surface area contributed by atoms with Crippen LogP contribution in [0.15, 0.2) is 73.1 Å². The van der Waals surface area contributed by atoms with Gasteiger partial charge in [0, 0.05) is 25.5 Å². The standard InChI is InChI=1S/C20H19FN2O/c21-19-5-1-18(2-6-19)15-24-20-7-3-16(4-8-20)13-23-14-17-9-11-22-12-10-17/h1-12,23H,13-15H2. The van der Waals surface area contributed by atoms with E-state index in [0.717, 1.165) is 24.4 Å². The van der Waals surface area contributed by atoms with Gasteiger partial charge in [0.25, 0.3) is 0 Å². The van der Waals surface area contributed by atoms with E-state index >= 15 is 0 Å². The van der Waals surface area contributed by atoms with Gasteiger partial charge in [0.2, 0.25) is 0 Å². The van der Waals surface area contributed by atoms with Gasteiger partial charge in [-0.2, -0.15) is 0 Å². The number of nitrogens with zero attached hydrogens (tertiary/aromatic N) is 1. The Labute approximate surface area is 141 Å². The minimum atomic E-state index is -0.234. The van der Waals surface area contributed by atoms with Crippen LogP contribution < -0.4 is 10.1 Å². The molecular weight excluding hydrogens is 303 g/mol. The van der Waals surface area contributed by atoms with Crippen molar-refractivity contribution in [3.05, 3.63) is 95.6 Å².